The van der Waals surface area contributed by atoms with Gasteiger partial charge in [0.2, 0.25) is 0 Å². The van der Waals surface area contributed by atoms with E-state index < -0.39 is 0 Å². The fourth-order valence-electron chi connectivity index (χ4n) is 0.536. The molecule has 0 radical (unpaired) electrons. The summed E-state index contributed by atoms with van der Waals surface area (Å²) in [5.41, 5.74) is 3.83. The molecule has 0 heteroatoms. The van der Waals surface area contributed by atoms with Crippen LogP contribution in [0.2, 0.25) is 0 Å². The van der Waals surface area contributed by atoms with Crippen molar-refractivity contribution in [1.29, 1.82) is 0 Å². The highest BCUT2D eigenvalue weighted by atomic mass is 14.0. The van der Waals surface area contributed by atoms with Crippen LogP contribution in [0, 0.1) is 5.92 Å². The third-order valence-corrected chi connectivity index (χ3v) is 1.53. The maximum absolute atomic E-state index is 3.86. The van der Waals surface area contributed by atoms with Crippen molar-refractivity contribution in [2.75, 3.05) is 0 Å². The van der Waals surface area contributed by atoms with Crippen LogP contribution < -0.4 is 0 Å². The Kier molecular flexibility index (Phi) is 3.83. The van der Waals surface area contributed by atoms with Gasteiger partial charge < -0.3 is 0 Å². The molecule has 0 aromatic heterocycles. The zero-order chi connectivity index (χ0) is 7.28. The van der Waals surface area contributed by atoms with Crippen molar-refractivity contribution >= 4 is 0 Å². The molecule has 0 aliphatic rings. The van der Waals surface area contributed by atoms with E-state index in [1.807, 2.05) is 6.08 Å². The Labute approximate surface area is 57.6 Å². The summed E-state index contributed by atoms with van der Waals surface area (Å²) >= 11 is 0. The molecular weight excluding hydrogens is 108 g/mol. The Morgan fingerprint density at radius 2 is 2.33 bits per heavy atom. The molecule has 1 unspecified atom stereocenters. The van der Waals surface area contributed by atoms with Crippen molar-refractivity contribution in [3.05, 3.63) is 30.5 Å². The Bertz CT molecular complexity index is 136. The van der Waals surface area contributed by atoms with E-state index in [2.05, 4.69) is 32.7 Å². The van der Waals surface area contributed by atoms with Crippen molar-refractivity contribution in [2.45, 2.75) is 20.3 Å². The largest absolute Gasteiger partial charge is 0.128 e. The van der Waals surface area contributed by atoms with Crippen molar-refractivity contribution in [1.82, 2.24) is 0 Å². The van der Waals surface area contributed by atoms with Crippen LogP contribution in [0.4, 0.5) is 0 Å². The predicted octanol–water partition coefficient (Wildman–Crippen LogP) is 2.93. The third kappa shape index (κ3) is 2.94. The topological polar surface area (TPSA) is 0 Å². The first-order chi connectivity index (χ1) is 4.22. The average molecular weight is 122 g/mol. The number of hydrogen-bond donors (Lipinski definition) is 0. The van der Waals surface area contributed by atoms with E-state index in [0.29, 0.717) is 5.92 Å². The molecule has 0 aliphatic heterocycles. The monoisotopic (exact) mass is 122 g/mol. The van der Waals surface area contributed by atoms with Crippen molar-refractivity contribution < 1.29 is 0 Å². The van der Waals surface area contributed by atoms with Gasteiger partial charge in [0.15, 0.2) is 0 Å². The molecule has 50 valence electrons. The van der Waals surface area contributed by atoms with Crippen LogP contribution in [0.5, 0.6) is 0 Å². The molecule has 0 aromatic rings. The van der Waals surface area contributed by atoms with Crippen LogP contribution in [-0.4, -0.2) is 0 Å². The summed E-state index contributed by atoms with van der Waals surface area (Å²) < 4.78 is 0. The minimum atomic E-state index is 0.569. The first-order valence-electron chi connectivity index (χ1n) is 3.27. The lowest BCUT2D eigenvalue weighted by Crippen LogP contribution is -1.91. The van der Waals surface area contributed by atoms with E-state index >= 15 is 0 Å². The van der Waals surface area contributed by atoms with E-state index in [-0.39, 0.29) is 0 Å². The fourth-order valence-corrected chi connectivity index (χ4v) is 0.536. The number of allylic oxidation sites excluding steroid dienone is 2. The summed E-state index contributed by atoms with van der Waals surface area (Å²) in [7, 11) is 0. The van der Waals surface area contributed by atoms with Crippen LogP contribution in [-0.2, 0) is 0 Å². The lowest BCUT2D eigenvalue weighted by Gasteiger charge is -2.05. The molecular formula is C9H14. The maximum atomic E-state index is 3.86. The van der Waals surface area contributed by atoms with Gasteiger partial charge in [-0.05, 0) is 24.0 Å². The van der Waals surface area contributed by atoms with Gasteiger partial charge in [-0.1, -0.05) is 27.0 Å². The molecule has 0 bridgehead atoms. The molecule has 0 spiro atoms. The summed E-state index contributed by atoms with van der Waals surface area (Å²) in [6, 6.07) is 0. The summed E-state index contributed by atoms with van der Waals surface area (Å²) in [6.07, 6.45) is 2.98. The van der Waals surface area contributed by atoms with Gasteiger partial charge in [-0.15, -0.1) is 5.73 Å². The van der Waals surface area contributed by atoms with E-state index in [4.69, 9.17) is 0 Å². The summed E-state index contributed by atoms with van der Waals surface area (Å²) in [6.45, 7) is 11.6. The van der Waals surface area contributed by atoms with Gasteiger partial charge in [-0.3, -0.25) is 0 Å². The van der Waals surface area contributed by atoms with Crippen molar-refractivity contribution in [3.8, 4) is 0 Å². The van der Waals surface area contributed by atoms with Crippen molar-refractivity contribution in [2.24, 2.45) is 5.92 Å². The minimum absolute atomic E-state index is 0.569. The highest BCUT2D eigenvalue weighted by Crippen LogP contribution is 2.11. The molecule has 0 rings (SSSR count). The summed E-state index contributed by atoms with van der Waals surface area (Å²) in [5, 5.41) is 0. The smallest absolute Gasteiger partial charge is 0.0177 e. The van der Waals surface area contributed by atoms with E-state index in [9.17, 15) is 0 Å². The normalized spacial score (nSPS) is 11.8. The molecule has 0 N–H and O–H groups in total. The maximum Gasteiger partial charge on any atom is -0.0177 e. The molecule has 1 atom stereocenters. The summed E-state index contributed by atoms with van der Waals surface area (Å²) in [4.78, 5) is 0. The first kappa shape index (κ1) is 8.26. The number of rotatable bonds is 3. The second kappa shape index (κ2) is 4.17. The van der Waals surface area contributed by atoms with Gasteiger partial charge in [0.1, 0.15) is 0 Å². The van der Waals surface area contributed by atoms with Gasteiger partial charge in [-0.2, -0.15) is 0 Å². The van der Waals surface area contributed by atoms with E-state index in [1.165, 1.54) is 0 Å². The van der Waals surface area contributed by atoms with Crippen LogP contribution >= 0.6 is 0 Å². The Balaban J connectivity index is 3.87. The van der Waals surface area contributed by atoms with Gasteiger partial charge in [-0.25, -0.2) is 0 Å². The Hall–Kier alpha value is -0.740. The highest BCUT2D eigenvalue weighted by Gasteiger charge is 1.97. The lowest BCUT2D eigenvalue weighted by atomic mass is 10.0. The highest BCUT2D eigenvalue weighted by molar-refractivity contribution is 5.15. The van der Waals surface area contributed by atoms with Crippen LogP contribution in [0.3, 0.4) is 0 Å². The fraction of sp³-hybridized carbons (Fsp3) is 0.444. The van der Waals surface area contributed by atoms with Crippen LogP contribution in [0.25, 0.3) is 0 Å². The molecule has 0 aliphatic carbocycles. The van der Waals surface area contributed by atoms with Gasteiger partial charge >= 0.3 is 0 Å². The SMILES string of the molecule is C=C=CC(=C)C(C)CC. The second-order valence-corrected chi connectivity index (χ2v) is 2.23. The molecule has 0 saturated heterocycles. The zero-order valence-corrected chi connectivity index (χ0v) is 6.28. The number of hydrogen-bond acceptors (Lipinski definition) is 0. The second-order valence-electron chi connectivity index (χ2n) is 2.23. The Morgan fingerprint density at radius 1 is 1.78 bits per heavy atom. The van der Waals surface area contributed by atoms with Gasteiger partial charge in [0, 0.05) is 0 Å². The van der Waals surface area contributed by atoms with Gasteiger partial charge in [0.25, 0.3) is 0 Å². The zero-order valence-electron chi connectivity index (χ0n) is 6.28. The van der Waals surface area contributed by atoms with Crippen LogP contribution in [0.15, 0.2) is 30.5 Å². The van der Waals surface area contributed by atoms with Crippen LogP contribution in [0.1, 0.15) is 20.3 Å². The predicted molar refractivity (Wildman–Crippen MR) is 42.3 cm³/mol. The third-order valence-electron chi connectivity index (χ3n) is 1.53. The molecule has 9 heavy (non-hydrogen) atoms. The molecule has 0 saturated carbocycles. The van der Waals surface area contributed by atoms with E-state index in [0.717, 1.165) is 12.0 Å². The quantitative estimate of drug-likeness (QED) is 0.399. The molecule has 0 nitrogen and oxygen atoms in total. The summed E-state index contributed by atoms with van der Waals surface area (Å²) in [5.74, 6) is 0.569. The lowest BCUT2D eigenvalue weighted by molar-refractivity contribution is 0.673. The molecule has 0 amide bonds. The van der Waals surface area contributed by atoms with Crippen molar-refractivity contribution in [3.63, 3.8) is 0 Å². The molecule has 0 fully saturated rings. The van der Waals surface area contributed by atoms with Gasteiger partial charge in [0.05, 0.1) is 0 Å². The first-order valence-corrected chi connectivity index (χ1v) is 3.27. The van der Waals surface area contributed by atoms with E-state index in [1.54, 1.807) is 0 Å². The molecule has 0 heterocycles. The minimum Gasteiger partial charge on any atom is -0.128 e. The Morgan fingerprint density at radius 3 is 2.67 bits per heavy atom. The average Bonchev–Trinajstić information content (AvgIpc) is 1.87. The standard InChI is InChI=1S/C9H14/c1-5-7-9(4)8(3)6-2/h7-8H,1,4,6H2,2-3H3. The molecule has 0 aromatic carbocycles.